The van der Waals surface area contributed by atoms with Crippen molar-refractivity contribution < 1.29 is 14.6 Å². The normalized spacial score (nSPS) is 16.5. The maximum Gasteiger partial charge on any atom is 0.335 e. The molecule has 1 unspecified atom stereocenters. The van der Waals surface area contributed by atoms with Gasteiger partial charge in [0, 0.05) is 13.1 Å². The summed E-state index contributed by atoms with van der Waals surface area (Å²) >= 11 is 0. The van der Waals surface area contributed by atoms with Crippen LogP contribution >= 0.6 is 0 Å². The first-order valence-electron chi connectivity index (χ1n) is 8.37. The molecule has 2 aromatic rings. The summed E-state index contributed by atoms with van der Waals surface area (Å²) in [7, 11) is 1.71. The maximum absolute atomic E-state index is 10.9. The minimum absolute atomic E-state index is 0.328. The van der Waals surface area contributed by atoms with Crippen molar-refractivity contribution in [1.29, 1.82) is 0 Å². The smallest absolute Gasteiger partial charge is 0.335 e. The fourth-order valence-electron chi connectivity index (χ4n) is 3.39. The summed E-state index contributed by atoms with van der Waals surface area (Å²) in [5.41, 5.74) is 4.26. The van der Waals surface area contributed by atoms with Gasteiger partial charge in [0.15, 0.2) is 0 Å². The van der Waals surface area contributed by atoms with Gasteiger partial charge in [0.25, 0.3) is 0 Å². The van der Waals surface area contributed by atoms with E-state index in [0.717, 1.165) is 30.8 Å². The Morgan fingerprint density at radius 3 is 2.75 bits per heavy atom. The zero-order valence-corrected chi connectivity index (χ0v) is 13.9. The summed E-state index contributed by atoms with van der Waals surface area (Å²) in [5.74, 6) is 0.572. The molecule has 3 rings (SSSR count). The number of aromatic carboxylic acids is 1. The van der Waals surface area contributed by atoms with Crippen LogP contribution in [0.1, 0.15) is 45.8 Å². The standard InChI is InChI=1S/C20H23NO3/c1-24-18-9-10-19-16(11-18)3-2-4-17(19)13-21-12-14-5-7-15(8-6-14)20(22)23/h5-11,17,21H,2-4,12-13H2,1H3,(H,22,23). The molecule has 1 aliphatic rings. The number of carbonyl (C=O) groups is 1. The average molecular weight is 325 g/mol. The zero-order chi connectivity index (χ0) is 16.9. The van der Waals surface area contributed by atoms with E-state index >= 15 is 0 Å². The Hall–Kier alpha value is -2.33. The third kappa shape index (κ3) is 3.77. The second-order valence-corrected chi connectivity index (χ2v) is 6.29. The number of methoxy groups -OCH3 is 1. The molecule has 0 saturated heterocycles. The second kappa shape index (κ2) is 7.49. The lowest BCUT2D eigenvalue weighted by atomic mass is 9.82. The number of fused-ring (bicyclic) bond motifs is 1. The van der Waals surface area contributed by atoms with Gasteiger partial charge >= 0.3 is 5.97 Å². The molecule has 0 fully saturated rings. The van der Waals surface area contributed by atoms with Gasteiger partial charge in [-0.15, -0.1) is 0 Å². The fourth-order valence-corrected chi connectivity index (χ4v) is 3.39. The Bertz CT molecular complexity index is 709. The number of hydrogen-bond donors (Lipinski definition) is 2. The molecule has 2 N–H and O–H groups in total. The van der Waals surface area contributed by atoms with Crippen LogP contribution in [0.2, 0.25) is 0 Å². The molecule has 0 bridgehead atoms. The van der Waals surface area contributed by atoms with Gasteiger partial charge in [0.1, 0.15) is 5.75 Å². The predicted molar refractivity (Wildman–Crippen MR) is 93.8 cm³/mol. The van der Waals surface area contributed by atoms with Crippen molar-refractivity contribution >= 4 is 5.97 Å². The Kier molecular flexibility index (Phi) is 5.16. The van der Waals surface area contributed by atoms with E-state index in [0.29, 0.717) is 11.5 Å². The number of nitrogens with one attached hydrogen (secondary N) is 1. The quantitative estimate of drug-likeness (QED) is 0.852. The van der Waals surface area contributed by atoms with Crippen LogP contribution in [-0.4, -0.2) is 24.7 Å². The van der Waals surface area contributed by atoms with Crippen LogP contribution in [0, 0.1) is 0 Å². The summed E-state index contributed by atoms with van der Waals surface area (Å²) in [6.45, 7) is 1.68. The van der Waals surface area contributed by atoms with Gasteiger partial charge in [-0.3, -0.25) is 0 Å². The summed E-state index contributed by atoms with van der Waals surface area (Å²) in [4.78, 5) is 10.9. The molecule has 126 valence electrons. The molecular formula is C20H23NO3. The second-order valence-electron chi connectivity index (χ2n) is 6.29. The Labute approximate surface area is 142 Å². The Balaban J connectivity index is 1.59. The van der Waals surface area contributed by atoms with Crippen LogP contribution in [0.5, 0.6) is 5.75 Å². The first kappa shape index (κ1) is 16.5. The topological polar surface area (TPSA) is 58.6 Å². The first-order valence-corrected chi connectivity index (χ1v) is 8.37. The van der Waals surface area contributed by atoms with Crippen molar-refractivity contribution in [2.45, 2.75) is 31.7 Å². The molecule has 24 heavy (non-hydrogen) atoms. The molecule has 0 spiro atoms. The highest BCUT2D eigenvalue weighted by Crippen LogP contribution is 2.33. The molecule has 1 atom stereocenters. The third-order valence-electron chi connectivity index (χ3n) is 4.71. The predicted octanol–water partition coefficient (Wildman–Crippen LogP) is 3.60. The fraction of sp³-hybridized carbons (Fsp3) is 0.350. The van der Waals surface area contributed by atoms with Crippen LogP contribution in [0.15, 0.2) is 42.5 Å². The van der Waals surface area contributed by atoms with Gasteiger partial charge in [-0.05, 0) is 66.1 Å². The lowest BCUT2D eigenvalue weighted by molar-refractivity contribution is 0.0697. The summed E-state index contributed by atoms with van der Waals surface area (Å²) in [6.07, 6.45) is 3.53. The van der Waals surface area contributed by atoms with Crippen molar-refractivity contribution in [2.24, 2.45) is 0 Å². The molecule has 2 aromatic carbocycles. The van der Waals surface area contributed by atoms with E-state index in [9.17, 15) is 4.79 Å². The number of hydrogen-bond acceptors (Lipinski definition) is 3. The van der Waals surface area contributed by atoms with Crippen molar-refractivity contribution in [1.82, 2.24) is 5.32 Å². The van der Waals surface area contributed by atoms with Crippen molar-refractivity contribution in [3.63, 3.8) is 0 Å². The van der Waals surface area contributed by atoms with E-state index in [1.54, 1.807) is 19.2 Å². The zero-order valence-electron chi connectivity index (χ0n) is 13.9. The molecular weight excluding hydrogens is 302 g/mol. The van der Waals surface area contributed by atoms with E-state index < -0.39 is 5.97 Å². The number of benzene rings is 2. The number of carboxylic acids is 1. The van der Waals surface area contributed by atoms with Crippen LogP contribution < -0.4 is 10.1 Å². The minimum atomic E-state index is -0.885. The van der Waals surface area contributed by atoms with E-state index in [2.05, 4.69) is 17.4 Å². The van der Waals surface area contributed by atoms with Crippen LogP contribution in [0.3, 0.4) is 0 Å². The minimum Gasteiger partial charge on any atom is -0.497 e. The molecule has 0 amide bonds. The van der Waals surface area contributed by atoms with E-state index in [4.69, 9.17) is 9.84 Å². The average Bonchev–Trinajstić information content (AvgIpc) is 2.61. The van der Waals surface area contributed by atoms with Gasteiger partial charge in [0.05, 0.1) is 12.7 Å². The third-order valence-corrected chi connectivity index (χ3v) is 4.71. The van der Waals surface area contributed by atoms with Crippen LogP contribution in [0.25, 0.3) is 0 Å². The van der Waals surface area contributed by atoms with Gasteiger partial charge in [-0.1, -0.05) is 18.2 Å². The van der Waals surface area contributed by atoms with Crippen LogP contribution in [0.4, 0.5) is 0 Å². The number of aryl methyl sites for hydroxylation is 1. The largest absolute Gasteiger partial charge is 0.497 e. The monoisotopic (exact) mass is 325 g/mol. The van der Waals surface area contributed by atoms with Crippen molar-refractivity contribution in [2.75, 3.05) is 13.7 Å². The number of rotatable bonds is 6. The molecule has 0 aromatic heterocycles. The van der Waals surface area contributed by atoms with Crippen LogP contribution in [-0.2, 0) is 13.0 Å². The highest BCUT2D eigenvalue weighted by atomic mass is 16.5. The van der Waals surface area contributed by atoms with Gasteiger partial charge < -0.3 is 15.2 Å². The molecule has 0 aliphatic heterocycles. The molecule has 0 saturated carbocycles. The van der Waals surface area contributed by atoms with E-state index in [1.165, 1.54) is 24.0 Å². The lowest BCUT2D eigenvalue weighted by Gasteiger charge is -2.26. The molecule has 0 heterocycles. The highest BCUT2D eigenvalue weighted by molar-refractivity contribution is 5.87. The molecule has 4 nitrogen and oxygen atoms in total. The van der Waals surface area contributed by atoms with Crippen molar-refractivity contribution in [3.05, 3.63) is 64.7 Å². The van der Waals surface area contributed by atoms with Gasteiger partial charge in [-0.2, -0.15) is 0 Å². The summed E-state index contributed by atoms with van der Waals surface area (Å²) < 4.78 is 5.32. The van der Waals surface area contributed by atoms with Crippen molar-refractivity contribution in [3.8, 4) is 5.75 Å². The Morgan fingerprint density at radius 1 is 1.25 bits per heavy atom. The van der Waals surface area contributed by atoms with E-state index in [-0.39, 0.29) is 0 Å². The maximum atomic E-state index is 10.9. The summed E-state index contributed by atoms with van der Waals surface area (Å²) in [6, 6.07) is 13.4. The summed E-state index contributed by atoms with van der Waals surface area (Å²) in [5, 5.41) is 12.4. The molecule has 1 aliphatic carbocycles. The van der Waals surface area contributed by atoms with Gasteiger partial charge in [0.2, 0.25) is 0 Å². The van der Waals surface area contributed by atoms with Gasteiger partial charge in [-0.25, -0.2) is 4.79 Å². The Morgan fingerprint density at radius 2 is 2.04 bits per heavy atom. The highest BCUT2D eigenvalue weighted by Gasteiger charge is 2.20. The number of ether oxygens (including phenoxy) is 1. The SMILES string of the molecule is COc1ccc2c(c1)CCCC2CNCc1ccc(C(=O)O)cc1. The number of carboxylic acid groups (broad SMARTS) is 1. The van der Waals surface area contributed by atoms with E-state index in [1.807, 2.05) is 18.2 Å². The first-order chi connectivity index (χ1) is 11.7. The lowest BCUT2D eigenvalue weighted by Crippen LogP contribution is -2.24. The molecule has 0 radical (unpaired) electrons. The molecule has 4 heteroatoms.